The van der Waals surface area contributed by atoms with Gasteiger partial charge in [0.2, 0.25) is 0 Å². The molecule has 1 aliphatic heterocycles. The van der Waals surface area contributed by atoms with E-state index in [1.807, 2.05) is 24.3 Å². The van der Waals surface area contributed by atoms with Crippen molar-refractivity contribution in [2.75, 3.05) is 11.1 Å². The first-order valence-corrected chi connectivity index (χ1v) is 7.05. The van der Waals surface area contributed by atoms with E-state index in [2.05, 4.69) is 24.2 Å². The maximum absolute atomic E-state index is 11.2. The van der Waals surface area contributed by atoms with E-state index in [0.29, 0.717) is 0 Å². The molecule has 1 aromatic rings. The van der Waals surface area contributed by atoms with Crippen LogP contribution in [-0.4, -0.2) is 22.2 Å². The Bertz CT molecular complexity index is 477. The van der Waals surface area contributed by atoms with Crippen molar-refractivity contribution in [3.8, 4) is 0 Å². The number of thioether (sulfide) groups is 1. The van der Waals surface area contributed by atoms with Crippen LogP contribution >= 0.6 is 11.8 Å². The maximum atomic E-state index is 11.2. The topological polar surface area (TPSA) is 41.5 Å². The van der Waals surface area contributed by atoms with Gasteiger partial charge >= 0.3 is 0 Å². The van der Waals surface area contributed by atoms with Gasteiger partial charge in [-0.2, -0.15) is 0 Å². The average molecular weight is 262 g/mol. The Morgan fingerprint density at radius 3 is 2.56 bits per heavy atom. The molecule has 1 aromatic carbocycles. The van der Waals surface area contributed by atoms with E-state index in [-0.39, 0.29) is 11.3 Å². The molecule has 4 heteroatoms. The van der Waals surface area contributed by atoms with Crippen molar-refractivity contribution in [3.05, 3.63) is 29.8 Å². The van der Waals surface area contributed by atoms with E-state index in [1.54, 1.807) is 18.7 Å². The number of carbonyl (C=O) groups excluding carboxylic acids is 1. The summed E-state index contributed by atoms with van der Waals surface area (Å²) in [5.41, 5.74) is 1.73. The zero-order valence-corrected chi connectivity index (χ0v) is 11.8. The molecule has 0 aliphatic carbocycles. The fourth-order valence-electron chi connectivity index (χ4n) is 1.74. The fraction of sp³-hybridized carbons (Fsp3) is 0.429. The molecule has 18 heavy (non-hydrogen) atoms. The molecule has 1 aliphatic rings. The molecule has 0 radical (unpaired) electrons. The van der Waals surface area contributed by atoms with Crippen molar-refractivity contribution < 1.29 is 4.79 Å². The monoisotopic (exact) mass is 262 g/mol. The zero-order chi connectivity index (χ0) is 13.2. The number of Topliss-reactive ketones (excluding diaryl/α,β-unsaturated/α-hetero) is 1. The van der Waals surface area contributed by atoms with Crippen LogP contribution in [0.4, 0.5) is 5.69 Å². The summed E-state index contributed by atoms with van der Waals surface area (Å²) in [7, 11) is 0. The number of benzene rings is 1. The third kappa shape index (κ3) is 3.35. The SMILES string of the molecule is CC(=O)c1ccc(NC2=NC(C)(C)CCS2)cc1. The van der Waals surface area contributed by atoms with Crippen LogP contribution in [0.5, 0.6) is 0 Å². The van der Waals surface area contributed by atoms with Gasteiger partial charge in [-0.15, -0.1) is 0 Å². The summed E-state index contributed by atoms with van der Waals surface area (Å²) < 4.78 is 0. The highest BCUT2D eigenvalue weighted by atomic mass is 32.2. The number of hydrogen-bond acceptors (Lipinski definition) is 4. The lowest BCUT2D eigenvalue weighted by Gasteiger charge is -2.26. The predicted octanol–water partition coefficient (Wildman–Crippen LogP) is 3.57. The molecule has 96 valence electrons. The van der Waals surface area contributed by atoms with Crippen molar-refractivity contribution in [2.45, 2.75) is 32.7 Å². The van der Waals surface area contributed by atoms with Crippen LogP contribution in [0.25, 0.3) is 0 Å². The van der Waals surface area contributed by atoms with Crippen molar-refractivity contribution in [1.29, 1.82) is 0 Å². The molecule has 0 saturated carbocycles. The summed E-state index contributed by atoms with van der Waals surface area (Å²) in [6.07, 6.45) is 1.10. The van der Waals surface area contributed by atoms with Gasteiger partial charge in [0.25, 0.3) is 0 Å². The molecule has 0 fully saturated rings. The summed E-state index contributed by atoms with van der Waals surface area (Å²) in [5, 5.41) is 4.26. The highest BCUT2D eigenvalue weighted by Crippen LogP contribution is 2.26. The van der Waals surface area contributed by atoms with Gasteiger partial charge in [-0.05, 0) is 51.5 Å². The third-order valence-electron chi connectivity index (χ3n) is 2.90. The van der Waals surface area contributed by atoms with Crippen LogP contribution in [0.3, 0.4) is 0 Å². The van der Waals surface area contributed by atoms with Gasteiger partial charge in [0.1, 0.15) is 0 Å². The second-order valence-electron chi connectivity index (χ2n) is 5.09. The van der Waals surface area contributed by atoms with E-state index in [4.69, 9.17) is 0 Å². The first-order chi connectivity index (χ1) is 8.46. The van der Waals surface area contributed by atoms with Gasteiger partial charge in [0.05, 0.1) is 5.54 Å². The van der Waals surface area contributed by atoms with Crippen LogP contribution in [0.2, 0.25) is 0 Å². The second-order valence-corrected chi connectivity index (χ2v) is 6.17. The predicted molar refractivity (Wildman–Crippen MR) is 78.7 cm³/mol. The summed E-state index contributed by atoms with van der Waals surface area (Å²) >= 11 is 1.74. The number of ketones is 1. The Morgan fingerprint density at radius 2 is 2.00 bits per heavy atom. The maximum Gasteiger partial charge on any atom is 0.161 e. The van der Waals surface area contributed by atoms with E-state index in [9.17, 15) is 4.79 Å². The van der Waals surface area contributed by atoms with Gasteiger partial charge in [0, 0.05) is 17.0 Å². The van der Waals surface area contributed by atoms with Crippen LogP contribution in [-0.2, 0) is 0 Å². The van der Waals surface area contributed by atoms with Gasteiger partial charge in [-0.25, -0.2) is 0 Å². The molecule has 0 atom stereocenters. The highest BCUT2D eigenvalue weighted by molar-refractivity contribution is 8.14. The molecule has 0 amide bonds. The molecule has 0 saturated heterocycles. The summed E-state index contributed by atoms with van der Waals surface area (Å²) in [6.45, 7) is 5.87. The van der Waals surface area contributed by atoms with Gasteiger partial charge in [-0.1, -0.05) is 11.8 Å². The molecule has 0 aromatic heterocycles. The smallest absolute Gasteiger partial charge is 0.161 e. The molecular formula is C14H18N2OS. The molecule has 0 spiro atoms. The van der Waals surface area contributed by atoms with E-state index >= 15 is 0 Å². The summed E-state index contributed by atoms with van der Waals surface area (Å²) in [5.74, 6) is 1.18. The minimum atomic E-state index is 0.0207. The van der Waals surface area contributed by atoms with E-state index < -0.39 is 0 Å². The first kappa shape index (κ1) is 13.1. The minimum Gasteiger partial charge on any atom is -0.335 e. The second kappa shape index (κ2) is 5.14. The molecule has 0 unspecified atom stereocenters. The lowest BCUT2D eigenvalue weighted by Crippen LogP contribution is -2.27. The number of hydrogen-bond donors (Lipinski definition) is 1. The van der Waals surface area contributed by atoms with Crippen LogP contribution in [0.15, 0.2) is 29.3 Å². The number of aliphatic imine (C=N–C) groups is 1. The zero-order valence-electron chi connectivity index (χ0n) is 11.0. The van der Waals surface area contributed by atoms with E-state index in [0.717, 1.165) is 28.6 Å². The largest absolute Gasteiger partial charge is 0.335 e. The Kier molecular flexibility index (Phi) is 3.76. The van der Waals surface area contributed by atoms with Crippen LogP contribution in [0.1, 0.15) is 37.6 Å². The molecule has 1 heterocycles. The number of rotatable bonds is 2. The number of carbonyl (C=O) groups is 1. The third-order valence-corrected chi connectivity index (χ3v) is 3.77. The fourth-order valence-corrected chi connectivity index (χ4v) is 3.03. The Hall–Kier alpha value is -1.29. The first-order valence-electron chi connectivity index (χ1n) is 6.07. The Balaban J connectivity index is 2.10. The molecular weight excluding hydrogens is 244 g/mol. The number of amidine groups is 1. The normalized spacial score (nSPS) is 18.1. The van der Waals surface area contributed by atoms with Crippen LogP contribution < -0.4 is 5.32 Å². The lowest BCUT2D eigenvalue weighted by atomic mass is 10.0. The van der Waals surface area contributed by atoms with Gasteiger partial charge < -0.3 is 5.32 Å². The number of nitrogens with one attached hydrogen (secondary N) is 1. The molecule has 0 bridgehead atoms. The molecule has 3 nitrogen and oxygen atoms in total. The van der Waals surface area contributed by atoms with Gasteiger partial charge in [-0.3, -0.25) is 9.79 Å². The van der Waals surface area contributed by atoms with Gasteiger partial charge in [0.15, 0.2) is 11.0 Å². The Morgan fingerprint density at radius 1 is 1.33 bits per heavy atom. The van der Waals surface area contributed by atoms with Crippen molar-refractivity contribution >= 4 is 28.4 Å². The van der Waals surface area contributed by atoms with E-state index in [1.165, 1.54) is 0 Å². The van der Waals surface area contributed by atoms with Crippen molar-refractivity contribution in [3.63, 3.8) is 0 Å². The number of nitrogens with zero attached hydrogens (tertiary/aromatic N) is 1. The standard InChI is InChI=1S/C14H18N2OS/c1-10(17)11-4-6-12(7-5-11)15-13-16-14(2,3)8-9-18-13/h4-7H,8-9H2,1-3H3,(H,15,16). The van der Waals surface area contributed by atoms with Crippen molar-refractivity contribution in [2.24, 2.45) is 4.99 Å². The molecule has 2 rings (SSSR count). The average Bonchev–Trinajstić information content (AvgIpc) is 2.28. The minimum absolute atomic E-state index is 0.0207. The summed E-state index contributed by atoms with van der Waals surface area (Å²) in [6, 6.07) is 7.51. The van der Waals surface area contributed by atoms with Crippen molar-refractivity contribution in [1.82, 2.24) is 0 Å². The lowest BCUT2D eigenvalue weighted by molar-refractivity contribution is 0.101. The number of anilines is 1. The Labute approximate surface area is 112 Å². The highest BCUT2D eigenvalue weighted by Gasteiger charge is 2.22. The summed E-state index contributed by atoms with van der Waals surface area (Å²) in [4.78, 5) is 15.9. The van der Waals surface area contributed by atoms with Crippen LogP contribution in [0, 0.1) is 0 Å². The molecule has 1 N–H and O–H groups in total. The quantitative estimate of drug-likeness (QED) is 0.828.